The molecule has 2 atom stereocenters. The highest BCUT2D eigenvalue weighted by molar-refractivity contribution is 7.82. The van der Waals surface area contributed by atoms with Gasteiger partial charge in [0, 0.05) is 31.8 Å². The van der Waals surface area contributed by atoms with Crippen LogP contribution < -0.4 is 5.32 Å². The van der Waals surface area contributed by atoms with E-state index in [0.29, 0.717) is 23.9 Å². The first kappa shape index (κ1) is 16.5. The maximum Gasteiger partial charge on any atom is 0.269 e. The molecule has 1 aromatic rings. The van der Waals surface area contributed by atoms with Crippen LogP contribution in [0.15, 0.2) is 29.2 Å². The Morgan fingerprint density at radius 2 is 2.18 bits per heavy atom. The van der Waals surface area contributed by atoms with E-state index in [-0.39, 0.29) is 5.69 Å². The minimum atomic E-state index is -1.30. The molecule has 1 N–H and O–H groups in total. The van der Waals surface area contributed by atoms with Crippen molar-refractivity contribution in [2.45, 2.75) is 17.7 Å². The third kappa shape index (κ3) is 4.34. The number of hydrogen-bond acceptors (Lipinski definition) is 5. The highest BCUT2D eigenvalue weighted by atomic mass is 32.2. The van der Waals surface area contributed by atoms with Crippen molar-refractivity contribution in [2.24, 2.45) is 5.92 Å². The van der Waals surface area contributed by atoms with Crippen LogP contribution in [0, 0.1) is 27.4 Å². The fraction of sp³-hybridized carbons (Fsp3) is 0.500. The van der Waals surface area contributed by atoms with E-state index < -0.39 is 15.9 Å². The van der Waals surface area contributed by atoms with Crippen LogP contribution in [0.3, 0.4) is 0 Å². The van der Waals surface area contributed by atoms with Crippen molar-refractivity contribution in [3.05, 3.63) is 34.4 Å². The lowest BCUT2D eigenvalue weighted by atomic mass is 10.00. The molecule has 22 heavy (non-hydrogen) atoms. The first-order valence-corrected chi connectivity index (χ1v) is 8.21. The number of non-ortho nitro benzene ring substituents is 1. The van der Waals surface area contributed by atoms with E-state index in [1.807, 2.05) is 10.4 Å². The van der Waals surface area contributed by atoms with Gasteiger partial charge in [0.15, 0.2) is 0 Å². The fourth-order valence-corrected chi connectivity index (χ4v) is 3.82. The molecule has 1 saturated heterocycles. The summed E-state index contributed by atoms with van der Waals surface area (Å²) >= 11 is 0. The minimum Gasteiger partial charge on any atom is -0.304 e. The summed E-state index contributed by atoms with van der Waals surface area (Å²) in [5.74, 6) is 0.365. The molecule has 8 heteroatoms. The predicted octanol–water partition coefficient (Wildman–Crippen LogP) is 1.44. The molecule has 0 spiro atoms. The maximum atomic E-state index is 12.6. The Kier molecular flexibility index (Phi) is 6.00. The predicted molar refractivity (Wildman–Crippen MR) is 82.3 cm³/mol. The van der Waals surface area contributed by atoms with Crippen molar-refractivity contribution in [3.8, 4) is 6.07 Å². The van der Waals surface area contributed by atoms with Gasteiger partial charge >= 0.3 is 0 Å². The third-order valence-corrected chi connectivity index (χ3v) is 5.08. The summed E-state index contributed by atoms with van der Waals surface area (Å²) in [4.78, 5) is 10.8. The molecule has 0 amide bonds. The Bertz CT molecular complexity index is 585. The average Bonchev–Trinajstić information content (AvgIpc) is 2.55. The van der Waals surface area contributed by atoms with Crippen LogP contribution in [0.5, 0.6) is 0 Å². The third-order valence-electron chi connectivity index (χ3n) is 3.60. The summed E-state index contributed by atoms with van der Waals surface area (Å²) in [5, 5.41) is 22.2. The molecule has 0 aromatic heterocycles. The fourth-order valence-electron chi connectivity index (χ4n) is 2.51. The maximum absolute atomic E-state index is 12.6. The number of nitro groups is 1. The molecular weight excluding hydrogens is 304 g/mol. The van der Waals surface area contributed by atoms with Crippen molar-refractivity contribution in [1.29, 1.82) is 5.26 Å². The molecule has 0 saturated carbocycles. The number of nitrogens with zero attached hydrogens (tertiary/aromatic N) is 3. The van der Waals surface area contributed by atoms with Gasteiger partial charge in [-0.3, -0.25) is 10.1 Å². The zero-order chi connectivity index (χ0) is 15.9. The zero-order valence-electron chi connectivity index (χ0n) is 12.1. The summed E-state index contributed by atoms with van der Waals surface area (Å²) in [6.07, 6.45) is 2.00. The van der Waals surface area contributed by atoms with E-state index in [1.165, 1.54) is 12.1 Å². The van der Waals surface area contributed by atoms with Gasteiger partial charge in [0.2, 0.25) is 0 Å². The van der Waals surface area contributed by atoms with Crippen LogP contribution in [-0.4, -0.2) is 39.6 Å². The van der Waals surface area contributed by atoms with Gasteiger partial charge in [-0.15, -0.1) is 0 Å². The van der Waals surface area contributed by atoms with Gasteiger partial charge in [0.05, 0.1) is 22.4 Å². The molecule has 2 rings (SSSR count). The van der Waals surface area contributed by atoms with Crippen LogP contribution in [0.1, 0.15) is 12.8 Å². The normalized spacial score (nSPS) is 20.2. The van der Waals surface area contributed by atoms with E-state index >= 15 is 0 Å². The molecule has 2 unspecified atom stereocenters. The molecular formula is C14H18N4O3S. The number of nitro benzene ring substituents is 1. The topological polar surface area (TPSA) is 99.3 Å². The van der Waals surface area contributed by atoms with Crippen LogP contribution in [0.25, 0.3) is 0 Å². The van der Waals surface area contributed by atoms with Crippen molar-refractivity contribution in [3.63, 3.8) is 0 Å². The molecule has 7 nitrogen and oxygen atoms in total. The smallest absolute Gasteiger partial charge is 0.269 e. The SMILES string of the molecule is N#CCNCC1CCCN(S(=O)c2ccc([N+](=O)[O-])cc2)C1. The molecule has 1 aromatic carbocycles. The lowest BCUT2D eigenvalue weighted by Crippen LogP contribution is -2.40. The Balaban J connectivity index is 1.96. The average molecular weight is 322 g/mol. The second-order valence-electron chi connectivity index (χ2n) is 5.19. The van der Waals surface area contributed by atoms with Crippen molar-refractivity contribution in [2.75, 3.05) is 26.2 Å². The summed E-state index contributed by atoms with van der Waals surface area (Å²) in [6, 6.07) is 7.89. The zero-order valence-corrected chi connectivity index (χ0v) is 12.9. The summed E-state index contributed by atoms with van der Waals surface area (Å²) in [5.41, 5.74) is -0.00188. The molecule has 0 bridgehead atoms. The molecule has 1 aliphatic rings. The Labute approximate surface area is 131 Å². The summed E-state index contributed by atoms with van der Waals surface area (Å²) in [6.45, 7) is 2.50. The van der Waals surface area contributed by atoms with E-state index in [0.717, 1.165) is 25.9 Å². The largest absolute Gasteiger partial charge is 0.304 e. The lowest BCUT2D eigenvalue weighted by Gasteiger charge is -2.31. The lowest BCUT2D eigenvalue weighted by molar-refractivity contribution is -0.384. The molecule has 1 fully saturated rings. The molecule has 118 valence electrons. The van der Waals surface area contributed by atoms with E-state index in [1.54, 1.807) is 12.1 Å². The van der Waals surface area contributed by atoms with Gasteiger partial charge in [-0.1, -0.05) is 0 Å². The second-order valence-corrected chi connectivity index (χ2v) is 6.67. The Morgan fingerprint density at radius 1 is 1.45 bits per heavy atom. The molecule has 0 radical (unpaired) electrons. The molecule has 1 heterocycles. The molecule has 0 aliphatic carbocycles. The highest BCUT2D eigenvalue weighted by Gasteiger charge is 2.24. The first-order valence-electron chi connectivity index (χ1n) is 7.10. The number of nitriles is 1. The Hall–Kier alpha value is -1.82. The van der Waals surface area contributed by atoms with E-state index in [2.05, 4.69) is 5.32 Å². The van der Waals surface area contributed by atoms with Gasteiger partial charge in [-0.05, 0) is 30.9 Å². The van der Waals surface area contributed by atoms with Gasteiger partial charge in [-0.2, -0.15) is 5.26 Å². The van der Waals surface area contributed by atoms with E-state index in [9.17, 15) is 14.3 Å². The number of benzene rings is 1. The van der Waals surface area contributed by atoms with Gasteiger partial charge in [0.25, 0.3) is 5.69 Å². The van der Waals surface area contributed by atoms with Crippen LogP contribution >= 0.6 is 0 Å². The first-order chi connectivity index (χ1) is 10.6. The number of rotatable bonds is 6. The standard InChI is InChI=1S/C14H18N4O3S/c15-7-8-16-10-12-2-1-9-17(11-12)22(21)14-5-3-13(4-6-14)18(19)20/h3-6,12,16H,1-2,8-11H2. The van der Waals surface area contributed by atoms with Crippen molar-refractivity contribution < 1.29 is 9.13 Å². The number of nitrogens with one attached hydrogen (secondary N) is 1. The van der Waals surface area contributed by atoms with Crippen molar-refractivity contribution >= 4 is 16.7 Å². The van der Waals surface area contributed by atoms with Crippen LogP contribution in [-0.2, 0) is 11.0 Å². The van der Waals surface area contributed by atoms with Gasteiger partial charge in [-0.25, -0.2) is 8.51 Å². The van der Waals surface area contributed by atoms with E-state index in [4.69, 9.17) is 5.26 Å². The van der Waals surface area contributed by atoms with Crippen LogP contribution in [0.4, 0.5) is 5.69 Å². The summed E-state index contributed by atoms with van der Waals surface area (Å²) in [7, 11) is -1.30. The summed E-state index contributed by atoms with van der Waals surface area (Å²) < 4.78 is 14.4. The molecule has 1 aliphatic heterocycles. The Morgan fingerprint density at radius 3 is 2.82 bits per heavy atom. The second kappa shape index (κ2) is 7.98. The van der Waals surface area contributed by atoms with Crippen LogP contribution in [0.2, 0.25) is 0 Å². The van der Waals surface area contributed by atoms with Gasteiger partial charge < -0.3 is 5.32 Å². The monoisotopic (exact) mass is 322 g/mol. The minimum absolute atomic E-state index is 0.00188. The quantitative estimate of drug-likeness (QED) is 0.370. The van der Waals surface area contributed by atoms with Crippen molar-refractivity contribution in [1.82, 2.24) is 9.62 Å². The number of hydrogen-bond donors (Lipinski definition) is 1. The highest BCUT2D eigenvalue weighted by Crippen LogP contribution is 2.22. The number of piperidine rings is 1. The van der Waals surface area contributed by atoms with Gasteiger partial charge in [0.1, 0.15) is 11.0 Å².